The third-order valence-electron chi connectivity index (χ3n) is 3.50. The molecule has 112 valence electrons. The smallest absolute Gasteiger partial charge is 0.123 e. The van der Waals surface area contributed by atoms with Crippen LogP contribution < -0.4 is 5.32 Å². The van der Waals surface area contributed by atoms with Crippen molar-refractivity contribution in [2.24, 2.45) is 0 Å². The highest BCUT2D eigenvalue weighted by Crippen LogP contribution is 2.27. The molecule has 0 radical (unpaired) electrons. The van der Waals surface area contributed by atoms with Crippen molar-refractivity contribution in [3.63, 3.8) is 0 Å². The van der Waals surface area contributed by atoms with Crippen molar-refractivity contribution < 1.29 is 4.39 Å². The molecule has 21 heavy (non-hydrogen) atoms. The molecule has 0 aromatic heterocycles. The highest BCUT2D eigenvalue weighted by atomic mass is 79.9. The summed E-state index contributed by atoms with van der Waals surface area (Å²) < 4.78 is 14.5. The molecule has 0 saturated heterocycles. The number of hydrogen-bond donors (Lipinski definition) is 1. The lowest BCUT2D eigenvalue weighted by Gasteiger charge is -2.21. The van der Waals surface area contributed by atoms with Gasteiger partial charge in [0.15, 0.2) is 0 Å². The average Bonchev–Trinajstić information content (AvgIpc) is 2.46. The highest BCUT2D eigenvalue weighted by Gasteiger charge is 2.15. The Bertz CT molecular complexity index is 598. The molecule has 2 aromatic rings. The first-order valence-corrected chi connectivity index (χ1v) is 8.13. The van der Waals surface area contributed by atoms with E-state index in [0.29, 0.717) is 0 Å². The predicted molar refractivity (Wildman–Crippen MR) is 90.0 cm³/mol. The summed E-state index contributed by atoms with van der Waals surface area (Å²) in [5.74, 6) is -0.176. The van der Waals surface area contributed by atoms with Crippen molar-refractivity contribution in [1.82, 2.24) is 5.32 Å². The van der Waals surface area contributed by atoms with Crippen molar-refractivity contribution >= 4 is 15.9 Å². The maximum absolute atomic E-state index is 13.4. The lowest BCUT2D eigenvalue weighted by molar-refractivity contribution is 0.525. The fraction of sp³-hybridized carbons (Fsp3) is 0.333. The largest absolute Gasteiger partial charge is 0.310 e. The Morgan fingerprint density at radius 2 is 2.00 bits per heavy atom. The normalized spacial score (nSPS) is 12.4. The van der Waals surface area contributed by atoms with Gasteiger partial charge in [-0.3, -0.25) is 0 Å². The topological polar surface area (TPSA) is 12.0 Å². The average molecular weight is 350 g/mol. The summed E-state index contributed by atoms with van der Waals surface area (Å²) in [7, 11) is 0. The summed E-state index contributed by atoms with van der Waals surface area (Å²) in [6, 6.07) is 13.4. The summed E-state index contributed by atoms with van der Waals surface area (Å²) in [6.45, 7) is 5.19. The lowest BCUT2D eigenvalue weighted by Crippen LogP contribution is -2.24. The van der Waals surface area contributed by atoms with E-state index >= 15 is 0 Å². The molecule has 3 heteroatoms. The Labute approximate surface area is 134 Å². The molecule has 0 amide bonds. The second-order valence-corrected chi connectivity index (χ2v) is 6.22. The van der Waals surface area contributed by atoms with E-state index in [4.69, 9.17) is 0 Å². The predicted octanol–water partition coefficient (Wildman–Crippen LogP) is 5.18. The molecule has 0 aliphatic heterocycles. The highest BCUT2D eigenvalue weighted by molar-refractivity contribution is 9.10. The zero-order chi connectivity index (χ0) is 15.2. The van der Waals surface area contributed by atoms with Gasteiger partial charge in [0.05, 0.1) is 0 Å². The summed E-state index contributed by atoms with van der Waals surface area (Å²) >= 11 is 3.64. The van der Waals surface area contributed by atoms with Crippen LogP contribution in [0.4, 0.5) is 4.39 Å². The van der Waals surface area contributed by atoms with E-state index in [1.54, 1.807) is 12.1 Å². The number of rotatable bonds is 6. The van der Waals surface area contributed by atoms with Crippen LogP contribution in [0.1, 0.15) is 36.1 Å². The Balaban J connectivity index is 2.27. The van der Waals surface area contributed by atoms with Crippen LogP contribution in [0.15, 0.2) is 46.9 Å². The fourth-order valence-electron chi connectivity index (χ4n) is 2.44. The molecular formula is C18H21BrFN. The molecule has 0 bridgehead atoms. The number of aryl methyl sites for hydroxylation is 1. The first-order valence-electron chi connectivity index (χ1n) is 7.34. The van der Waals surface area contributed by atoms with Gasteiger partial charge in [-0.15, -0.1) is 0 Å². The van der Waals surface area contributed by atoms with E-state index in [1.807, 2.05) is 6.07 Å². The molecule has 0 fully saturated rings. The Morgan fingerprint density at radius 3 is 2.71 bits per heavy atom. The molecule has 0 aliphatic carbocycles. The molecule has 1 nitrogen and oxygen atoms in total. The second kappa shape index (κ2) is 7.71. The van der Waals surface area contributed by atoms with Crippen molar-refractivity contribution in [1.29, 1.82) is 0 Å². The van der Waals surface area contributed by atoms with Crippen LogP contribution in [-0.2, 0) is 6.42 Å². The Morgan fingerprint density at radius 1 is 1.19 bits per heavy atom. The van der Waals surface area contributed by atoms with Crippen LogP contribution in [0.2, 0.25) is 0 Å². The van der Waals surface area contributed by atoms with Gasteiger partial charge in [-0.2, -0.15) is 0 Å². The molecule has 1 N–H and O–H groups in total. The third-order valence-corrected chi connectivity index (χ3v) is 4.22. The summed E-state index contributed by atoms with van der Waals surface area (Å²) in [6.07, 6.45) is 1.85. The van der Waals surface area contributed by atoms with Gasteiger partial charge in [0.1, 0.15) is 5.82 Å². The van der Waals surface area contributed by atoms with Crippen LogP contribution in [0.25, 0.3) is 0 Å². The SMILES string of the molecule is CCCNC(Cc1cccc(F)c1)c1cc(C)ccc1Br. The van der Waals surface area contributed by atoms with Gasteiger partial charge >= 0.3 is 0 Å². The number of halogens is 2. The second-order valence-electron chi connectivity index (χ2n) is 5.37. The zero-order valence-corrected chi connectivity index (χ0v) is 14.1. The maximum Gasteiger partial charge on any atom is 0.123 e. The standard InChI is InChI=1S/C18H21BrFN/c1-3-9-21-18(12-14-5-4-6-15(20)11-14)16-10-13(2)7-8-17(16)19/h4-8,10-11,18,21H,3,9,12H2,1-2H3. The zero-order valence-electron chi connectivity index (χ0n) is 12.5. The first-order chi connectivity index (χ1) is 10.1. The van der Waals surface area contributed by atoms with Gasteiger partial charge < -0.3 is 5.32 Å². The van der Waals surface area contributed by atoms with E-state index in [9.17, 15) is 4.39 Å². The number of nitrogens with one attached hydrogen (secondary N) is 1. The minimum atomic E-state index is -0.176. The monoisotopic (exact) mass is 349 g/mol. The molecule has 2 aromatic carbocycles. The van der Waals surface area contributed by atoms with Crippen molar-refractivity contribution in [3.8, 4) is 0 Å². The molecule has 2 rings (SSSR count). The van der Waals surface area contributed by atoms with Gasteiger partial charge in [-0.05, 0) is 55.6 Å². The van der Waals surface area contributed by atoms with Gasteiger partial charge in [0, 0.05) is 10.5 Å². The Kier molecular flexibility index (Phi) is 5.95. The minimum Gasteiger partial charge on any atom is -0.310 e. The van der Waals surface area contributed by atoms with Crippen molar-refractivity contribution in [2.45, 2.75) is 32.7 Å². The Hall–Kier alpha value is -1.19. The van der Waals surface area contributed by atoms with Crippen molar-refractivity contribution in [3.05, 3.63) is 69.4 Å². The van der Waals surface area contributed by atoms with E-state index in [0.717, 1.165) is 29.4 Å². The van der Waals surface area contributed by atoms with E-state index in [-0.39, 0.29) is 11.9 Å². The molecule has 1 atom stereocenters. The van der Waals surface area contributed by atoms with E-state index < -0.39 is 0 Å². The quantitative estimate of drug-likeness (QED) is 0.757. The van der Waals surface area contributed by atoms with Crippen LogP contribution in [0.3, 0.4) is 0 Å². The van der Waals surface area contributed by atoms with Crippen LogP contribution in [0, 0.1) is 12.7 Å². The van der Waals surface area contributed by atoms with Gasteiger partial charge in [-0.25, -0.2) is 4.39 Å². The number of hydrogen-bond acceptors (Lipinski definition) is 1. The van der Waals surface area contributed by atoms with Crippen molar-refractivity contribution in [2.75, 3.05) is 6.54 Å². The minimum absolute atomic E-state index is 0.176. The van der Waals surface area contributed by atoms with Gasteiger partial charge in [-0.1, -0.05) is 52.7 Å². The van der Waals surface area contributed by atoms with Crippen LogP contribution in [-0.4, -0.2) is 6.54 Å². The van der Waals surface area contributed by atoms with Gasteiger partial charge in [0.25, 0.3) is 0 Å². The summed E-state index contributed by atoms with van der Waals surface area (Å²) in [4.78, 5) is 0. The van der Waals surface area contributed by atoms with E-state index in [2.05, 4.69) is 53.3 Å². The maximum atomic E-state index is 13.4. The summed E-state index contributed by atoms with van der Waals surface area (Å²) in [5.41, 5.74) is 3.47. The molecule has 0 aliphatic rings. The lowest BCUT2D eigenvalue weighted by atomic mass is 9.97. The summed E-state index contributed by atoms with van der Waals surface area (Å²) in [5, 5.41) is 3.57. The third kappa shape index (κ3) is 4.65. The molecule has 0 saturated carbocycles. The molecular weight excluding hydrogens is 329 g/mol. The van der Waals surface area contributed by atoms with Crippen LogP contribution >= 0.6 is 15.9 Å². The first kappa shape index (κ1) is 16.2. The molecule has 0 spiro atoms. The van der Waals surface area contributed by atoms with Crippen LogP contribution in [0.5, 0.6) is 0 Å². The number of benzene rings is 2. The van der Waals surface area contributed by atoms with E-state index in [1.165, 1.54) is 17.2 Å². The molecule has 0 heterocycles. The van der Waals surface area contributed by atoms with Gasteiger partial charge in [0.2, 0.25) is 0 Å². The fourth-order valence-corrected chi connectivity index (χ4v) is 2.96. The molecule has 1 unspecified atom stereocenters.